The third kappa shape index (κ3) is 4.47. The van der Waals surface area contributed by atoms with E-state index in [0.29, 0.717) is 31.0 Å². The average molecular weight is 253 g/mol. The number of ether oxygens (including phenoxy) is 1. The van der Waals surface area contributed by atoms with Gasteiger partial charge in [-0.25, -0.2) is 0 Å². The lowest BCUT2D eigenvalue weighted by Crippen LogP contribution is -2.38. The number of rotatable bonds is 4. The molecule has 0 aromatic carbocycles. The minimum absolute atomic E-state index is 0.286. The quantitative estimate of drug-likeness (QED) is 0.763. The van der Waals surface area contributed by atoms with Crippen molar-refractivity contribution in [2.75, 3.05) is 13.2 Å². The topological polar surface area (TPSA) is 12.5 Å². The summed E-state index contributed by atoms with van der Waals surface area (Å²) >= 11 is 0. The first kappa shape index (κ1) is 14.8. The fourth-order valence-electron chi connectivity index (χ4n) is 2.43. The Kier molecular flexibility index (Phi) is 4.84. The van der Waals surface area contributed by atoms with E-state index in [-0.39, 0.29) is 6.10 Å². The molecule has 1 fully saturated rings. The van der Waals surface area contributed by atoms with Crippen molar-refractivity contribution in [1.82, 2.24) is 4.90 Å². The van der Waals surface area contributed by atoms with Gasteiger partial charge < -0.3 is 4.74 Å². The molecule has 1 aliphatic heterocycles. The Bertz CT molecular complexity index is 224. The van der Waals surface area contributed by atoms with Crippen LogP contribution in [0.15, 0.2) is 0 Å². The lowest BCUT2D eigenvalue weighted by Gasteiger charge is -2.30. The maximum absolute atomic E-state index is 12.1. The van der Waals surface area contributed by atoms with Gasteiger partial charge in [0, 0.05) is 18.6 Å². The van der Waals surface area contributed by atoms with E-state index in [4.69, 9.17) is 4.74 Å². The van der Waals surface area contributed by atoms with Gasteiger partial charge in [0.25, 0.3) is 0 Å². The van der Waals surface area contributed by atoms with Gasteiger partial charge >= 0.3 is 6.18 Å². The van der Waals surface area contributed by atoms with E-state index in [1.54, 1.807) is 0 Å². The molecule has 0 saturated carbocycles. The van der Waals surface area contributed by atoms with Crippen molar-refractivity contribution >= 4 is 0 Å². The van der Waals surface area contributed by atoms with Gasteiger partial charge in [-0.05, 0) is 26.2 Å². The second-order valence-electron chi connectivity index (χ2n) is 5.39. The Balaban J connectivity index is 2.51. The zero-order chi connectivity index (χ0) is 13.2. The molecule has 0 aromatic rings. The zero-order valence-corrected chi connectivity index (χ0v) is 10.9. The van der Waals surface area contributed by atoms with E-state index in [1.165, 1.54) is 0 Å². The lowest BCUT2D eigenvalue weighted by atomic mass is 10.0. The van der Waals surface area contributed by atoms with Crippen LogP contribution < -0.4 is 0 Å². The first-order valence-electron chi connectivity index (χ1n) is 6.14. The summed E-state index contributed by atoms with van der Waals surface area (Å²) in [5.41, 5.74) is 0. The SMILES string of the molecule is CC(C)[C@@H]1CC(OCC(F)(F)F)CN1C(C)C. The Hall–Kier alpha value is -0.290. The van der Waals surface area contributed by atoms with Gasteiger partial charge in [0.1, 0.15) is 6.61 Å². The zero-order valence-electron chi connectivity index (χ0n) is 10.9. The fraction of sp³-hybridized carbons (Fsp3) is 1.00. The van der Waals surface area contributed by atoms with Crippen LogP contribution in [0.25, 0.3) is 0 Å². The van der Waals surface area contributed by atoms with Gasteiger partial charge in [-0.15, -0.1) is 0 Å². The summed E-state index contributed by atoms with van der Waals surface area (Å²) in [4.78, 5) is 2.24. The second kappa shape index (κ2) is 5.57. The van der Waals surface area contributed by atoms with Crippen LogP contribution in [0.1, 0.15) is 34.1 Å². The van der Waals surface area contributed by atoms with Crippen LogP contribution in [0.5, 0.6) is 0 Å². The van der Waals surface area contributed by atoms with Gasteiger partial charge in [-0.1, -0.05) is 13.8 Å². The van der Waals surface area contributed by atoms with Gasteiger partial charge in [0.05, 0.1) is 6.10 Å². The maximum Gasteiger partial charge on any atom is 0.411 e. The highest BCUT2D eigenvalue weighted by Crippen LogP contribution is 2.29. The monoisotopic (exact) mass is 253 g/mol. The van der Waals surface area contributed by atoms with Crippen molar-refractivity contribution in [3.8, 4) is 0 Å². The summed E-state index contributed by atoms with van der Waals surface area (Å²) in [6.07, 6.45) is -3.81. The van der Waals surface area contributed by atoms with Crippen LogP contribution in [-0.4, -0.2) is 42.4 Å². The third-order valence-electron chi connectivity index (χ3n) is 3.26. The predicted molar refractivity (Wildman–Crippen MR) is 60.9 cm³/mol. The van der Waals surface area contributed by atoms with Crippen molar-refractivity contribution in [1.29, 1.82) is 0 Å². The molecule has 1 heterocycles. The Morgan fingerprint density at radius 2 is 1.82 bits per heavy atom. The minimum Gasteiger partial charge on any atom is -0.367 e. The van der Waals surface area contributed by atoms with E-state index in [1.807, 2.05) is 0 Å². The Morgan fingerprint density at radius 1 is 1.24 bits per heavy atom. The van der Waals surface area contributed by atoms with Gasteiger partial charge in [-0.3, -0.25) is 4.90 Å². The molecule has 0 aliphatic carbocycles. The highest BCUT2D eigenvalue weighted by Gasteiger charge is 2.38. The molecule has 102 valence electrons. The predicted octanol–water partition coefficient (Wildman–Crippen LogP) is 3.07. The molecule has 2 nitrogen and oxygen atoms in total. The summed E-state index contributed by atoms with van der Waals surface area (Å²) in [5, 5.41) is 0. The van der Waals surface area contributed by atoms with Crippen LogP contribution in [0.2, 0.25) is 0 Å². The number of halogens is 3. The Morgan fingerprint density at radius 3 is 2.18 bits per heavy atom. The molecule has 0 spiro atoms. The molecule has 0 N–H and O–H groups in total. The highest BCUT2D eigenvalue weighted by atomic mass is 19.4. The van der Waals surface area contributed by atoms with Crippen LogP contribution in [0.3, 0.4) is 0 Å². The highest BCUT2D eigenvalue weighted by molar-refractivity contribution is 4.89. The number of hydrogen-bond donors (Lipinski definition) is 0. The first-order chi connectivity index (χ1) is 7.70. The summed E-state index contributed by atoms with van der Waals surface area (Å²) in [6, 6.07) is 0.676. The molecule has 5 heteroatoms. The lowest BCUT2D eigenvalue weighted by molar-refractivity contribution is -0.184. The summed E-state index contributed by atoms with van der Waals surface area (Å²) in [7, 11) is 0. The average Bonchev–Trinajstić information content (AvgIpc) is 2.57. The molecule has 1 rings (SSSR count). The molecule has 1 saturated heterocycles. The molecule has 17 heavy (non-hydrogen) atoms. The van der Waals surface area contributed by atoms with Gasteiger partial charge in [0.2, 0.25) is 0 Å². The van der Waals surface area contributed by atoms with E-state index >= 15 is 0 Å². The van der Waals surface area contributed by atoms with Crippen molar-refractivity contribution in [3.05, 3.63) is 0 Å². The second-order valence-corrected chi connectivity index (χ2v) is 5.39. The largest absolute Gasteiger partial charge is 0.411 e. The molecule has 0 amide bonds. The van der Waals surface area contributed by atoms with E-state index in [9.17, 15) is 13.2 Å². The normalized spacial score (nSPS) is 27.4. The van der Waals surface area contributed by atoms with Crippen LogP contribution in [0.4, 0.5) is 13.2 Å². The summed E-state index contributed by atoms with van der Waals surface area (Å²) < 4.78 is 41.2. The van der Waals surface area contributed by atoms with E-state index in [0.717, 1.165) is 0 Å². The van der Waals surface area contributed by atoms with Crippen molar-refractivity contribution < 1.29 is 17.9 Å². The molecule has 2 atom stereocenters. The fourth-order valence-corrected chi connectivity index (χ4v) is 2.43. The molecular formula is C12H22F3NO. The van der Waals surface area contributed by atoms with Gasteiger partial charge in [-0.2, -0.15) is 13.2 Å². The van der Waals surface area contributed by atoms with Crippen molar-refractivity contribution in [3.63, 3.8) is 0 Å². The smallest absolute Gasteiger partial charge is 0.367 e. The number of alkyl halides is 3. The van der Waals surface area contributed by atoms with Crippen LogP contribution in [-0.2, 0) is 4.74 Å². The molecule has 0 aromatic heterocycles. The van der Waals surface area contributed by atoms with Gasteiger partial charge in [0.15, 0.2) is 0 Å². The standard InChI is InChI=1S/C12H22F3NO/c1-8(2)11-5-10(6-16(11)9(3)4)17-7-12(13,14)15/h8-11H,5-7H2,1-4H3/t10?,11-/m0/s1. The number of hydrogen-bond acceptors (Lipinski definition) is 2. The molecule has 1 unspecified atom stereocenters. The first-order valence-corrected chi connectivity index (χ1v) is 6.14. The Labute approximate surface area is 101 Å². The van der Waals surface area contributed by atoms with Crippen LogP contribution in [0, 0.1) is 5.92 Å². The number of likely N-dealkylation sites (tertiary alicyclic amines) is 1. The van der Waals surface area contributed by atoms with E-state index in [2.05, 4.69) is 32.6 Å². The van der Waals surface area contributed by atoms with Crippen molar-refractivity contribution in [2.24, 2.45) is 5.92 Å². The molecular weight excluding hydrogens is 231 g/mol. The van der Waals surface area contributed by atoms with Crippen LogP contribution >= 0.6 is 0 Å². The summed E-state index contributed by atoms with van der Waals surface area (Å²) in [6.45, 7) is 7.83. The maximum atomic E-state index is 12.1. The summed E-state index contributed by atoms with van der Waals surface area (Å²) in [5.74, 6) is 0.442. The molecule has 0 radical (unpaired) electrons. The molecule has 0 bridgehead atoms. The molecule has 1 aliphatic rings. The van der Waals surface area contributed by atoms with Crippen molar-refractivity contribution in [2.45, 2.75) is 58.5 Å². The minimum atomic E-state index is -4.22. The third-order valence-corrected chi connectivity index (χ3v) is 3.26. The van der Waals surface area contributed by atoms with E-state index < -0.39 is 12.8 Å². The number of nitrogens with zero attached hydrogens (tertiary/aromatic N) is 1.